The van der Waals surface area contributed by atoms with Crippen LogP contribution in [-0.2, 0) is 17.6 Å². The molecular weight excluding hydrogens is 358 g/mol. The third kappa shape index (κ3) is 5.87. The molecule has 0 unspecified atom stereocenters. The predicted molar refractivity (Wildman–Crippen MR) is 102 cm³/mol. The Balaban J connectivity index is 2.02. The van der Waals surface area contributed by atoms with Crippen LogP contribution in [0.2, 0.25) is 5.02 Å². The van der Waals surface area contributed by atoms with Gasteiger partial charge in [0.25, 0.3) is 5.91 Å². The summed E-state index contributed by atoms with van der Waals surface area (Å²) >= 11 is 7.34. The number of rotatable bonds is 6. The quantitative estimate of drug-likeness (QED) is 0.814. The van der Waals surface area contributed by atoms with Gasteiger partial charge in [0.1, 0.15) is 11.5 Å². The van der Waals surface area contributed by atoms with Gasteiger partial charge in [-0.2, -0.15) is 0 Å². The van der Waals surface area contributed by atoms with Crippen molar-refractivity contribution < 1.29 is 14.3 Å². The number of hydrogen-bond donors (Lipinski definition) is 1. The van der Waals surface area contributed by atoms with Crippen molar-refractivity contribution in [3.63, 3.8) is 0 Å². The summed E-state index contributed by atoms with van der Waals surface area (Å²) in [7, 11) is 1.57. The molecule has 6 heteroatoms. The molecule has 25 heavy (non-hydrogen) atoms. The number of carbonyl (C=O) groups excluding carboxylic acids is 2. The molecule has 0 saturated heterocycles. The van der Waals surface area contributed by atoms with E-state index in [1.165, 1.54) is 11.3 Å². The van der Waals surface area contributed by atoms with E-state index in [1.807, 2.05) is 26.8 Å². The minimum atomic E-state index is -0.291. The maximum absolute atomic E-state index is 12.4. The maximum atomic E-state index is 12.4. The molecule has 134 valence electrons. The molecule has 1 aromatic carbocycles. The summed E-state index contributed by atoms with van der Waals surface area (Å²) in [6.45, 7) is 5.80. The number of thiophene rings is 1. The Kier molecular flexibility index (Phi) is 6.25. The summed E-state index contributed by atoms with van der Waals surface area (Å²) in [5.41, 5.74) is 0.474. The van der Waals surface area contributed by atoms with E-state index >= 15 is 0 Å². The molecule has 0 fully saturated rings. The van der Waals surface area contributed by atoms with Crippen molar-refractivity contribution in [3.8, 4) is 5.75 Å². The van der Waals surface area contributed by atoms with Crippen molar-refractivity contribution in [3.05, 3.63) is 50.7 Å². The average molecular weight is 380 g/mol. The van der Waals surface area contributed by atoms with Crippen LogP contribution >= 0.6 is 22.9 Å². The van der Waals surface area contributed by atoms with Crippen molar-refractivity contribution in [1.82, 2.24) is 5.32 Å². The second kappa shape index (κ2) is 8.02. The molecule has 0 aliphatic rings. The van der Waals surface area contributed by atoms with Crippen molar-refractivity contribution in [1.29, 1.82) is 0 Å². The van der Waals surface area contributed by atoms with Crippen LogP contribution in [-0.4, -0.2) is 24.3 Å². The molecule has 4 nitrogen and oxygen atoms in total. The highest BCUT2D eigenvalue weighted by Crippen LogP contribution is 2.24. The molecule has 0 aliphatic heterocycles. The second-order valence-corrected chi connectivity index (χ2v) is 8.42. The van der Waals surface area contributed by atoms with E-state index in [4.69, 9.17) is 16.3 Å². The first kappa shape index (κ1) is 19.5. The van der Waals surface area contributed by atoms with Crippen molar-refractivity contribution in [2.75, 3.05) is 7.11 Å². The third-order valence-electron chi connectivity index (χ3n) is 3.38. The average Bonchev–Trinajstić information content (AvgIpc) is 2.94. The number of methoxy groups -OCH3 is 1. The first-order valence-electron chi connectivity index (χ1n) is 7.93. The fraction of sp³-hybridized carbons (Fsp3) is 0.368. The lowest BCUT2D eigenvalue weighted by atomic mass is 10.1. The van der Waals surface area contributed by atoms with Gasteiger partial charge < -0.3 is 10.1 Å². The fourth-order valence-corrected chi connectivity index (χ4v) is 3.48. The van der Waals surface area contributed by atoms with Gasteiger partial charge in [-0.3, -0.25) is 9.59 Å². The summed E-state index contributed by atoms with van der Waals surface area (Å²) in [6, 6.07) is 8.82. The molecule has 1 heterocycles. The summed E-state index contributed by atoms with van der Waals surface area (Å²) in [5, 5.41) is 3.49. The van der Waals surface area contributed by atoms with Gasteiger partial charge in [0.2, 0.25) is 0 Å². The topological polar surface area (TPSA) is 55.4 Å². The Bertz CT molecular complexity index is 777. The zero-order valence-electron chi connectivity index (χ0n) is 14.8. The van der Waals surface area contributed by atoms with Crippen LogP contribution in [0.15, 0.2) is 30.3 Å². The third-order valence-corrected chi connectivity index (χ3v) is 4.69. The maximum Gasteiger partial charge on any atom is 0.261 e. The van der Waals surface area contributed by atoms with Gasteiger partial charge in [0.05, 0.1) is 12.0 Å². The van der Waals surface area contributed by atoms with Crippen LogP contribution in [0.1, 0.15) is 40.9 Å². The molecule has 2 rings (SSSR count). The van der Waals surface area contributed by atoms with Gasteiger partial charge in [-0.1, -0.05) is 11.6 Å². The van der Waals surface area contributed by atoms with Gasteiger partial charge in [0.15, 0.2) is 0 Å². The van der Waals surface area contributed by atoms with E-state index in [-0.39, 0.29) is 30.1 Å². The highest BCUT2D eigenvalue weighted by molar-refractivity contribution is 7.14. The Morgan fingerprint density at radius 2 is 1.88 bits per heavy atom. The number of benzene rings is 1. The Morgan fingerprint density at radius 3 is 2.52 bits per heavy atom. The van der Waals surface area contributed by atoms with Crippen LogP contribution < -0.4 is 10.1 Å². The molecule has 0 aliphatic carbocycles. The first-order valence-corrected chi connectivity index (χ1v) is 9.13. The molecule has 1 N–H and O–H groups in total. The van der Waals surface area contributed by atoms with Gasteiger partial charge in [-0.05, 0) is 51.1 Å². The monoisotopic (exact) mass is 379 g/mol. The summed E-state index contributed by atoms with van der Waals surface area (Å²) in [5.74, 6) is 0.576. The largest absolute Gasteiger partial charge is 0.496 e. The van der Waals surface area contributed by atoms with Crippen LogP contribution in [0.3, 0.4) is 0 Å². The summed E-state index contributed by atoms with van der Waals surface area (Å²) in [6.07, 6.45) is 0.522. The lowest BCUT2D eigenvalue weighted by molar-refractivity contribution is -0.117. The van der Waals surface area contributed by atoms with Gasteiger partial charge in [-0.25, -0.2) is 0 Å². The Labute approximate surface area is 157 Å². The number of Topliss-reactive ketones (excluding diaryl/α,β-unsaturated/α-hetero) is 1. The molecule has 0 atom stereocenters. The number of nitrogens with one attached hydrogen (secondary N) is 1. The van der Waals surface area contributed by atoms with E-state index in [2.05, 4.69) is 5.32 Å². The zero-order valence-corrected chi connectivity index (χ0v) is 16.4. The van der Waals surface area contributed by atoms with E-state index < -0.39 is 0 Å². The number of amides is 1. The molecule has 0 spiro atoms. The minimum absolute atomic E-state index is 0.0465. The molecule has 0 radical (unpaired) electrons. The van der Waals surface area contributed by atoms with E-state index in [0.717, 1.165) is 10.4 Å². The lowest BCUT2D eigenvalue weighted by Crippen LogP contribution is -2.40. The number of carbonyl (C=O) groups is 2. The summed E-state index contributed by atoms with van der Waals surface area (Å²) < 4.78 is 5.27. The molecule has 1 amide bonds. The summed E-state index contributed by atoms with van der Waals surface area (Å²) in [4.78, 5) is 26.0. The van der Waals surface area contributed by atoms with Crippen LogP contribution in [0, 0.1) is 0 Å². The zero-order chi connectivity index (χ0) is 18.6. The Morgan fingerprint density at radius 1 is 1.16 bits per heavy atom. The van der Waals surface area contributed by atoms with Gasteiger partial charge >= 0.3 is 0 Å². The number of hydrogen-bond acceptors (Lipinski definition) is 4. The minimum Gasteiger partial charge on any atom is -0.496 e. The highest BCUT2D eigenvalue weighted by atomic mass is 35.5. The van der Waals surface area contributed by atoms with E-state index in [0.29, 0.717) is 15.6 Å². The molecular formula is C19H22ClNO3S. The lowest BCUT2D eigenvalue weighted by Gasteiger charge is -2.19. The first-order chi connectivity index (χ1) is 11.7. The number of ketones is 1. The van der Waals surface area contributed by atoms with E-state index in [1.54, 1.807) is 31.4 Å². The normalized spacial score (nSPS) is 11.2. The SMILES string of the molecule is COc1ccc(Cl)cc1CC(=O)Cc1ccc(C(=O)NC(C)(C)C)s1. The number of halogens is 1. The van der Waals surface area contributed by atoms with Crippen molar-refractivity contribution in [2.24, 2.45) is 0 Å². The molecule has 0 saturated carbocycles. The highest BCUT2D eigenvalue weighted by Gasteiger charge is 2.18. The van der Waals surface area contributed by atoms with Crippen molar-refractivity contribution in [2.45, 2.75) is 39.2 Å². The number of ether oxygens (including phenoxy) is 1. The smallest absolute Gasteiger partial charge is 0.261 e. The second-order valence-electron chi connectivity index (χ2n) is 6.82. The van der Waals surface area contributed by atoms with Gasteiger partial charge in [-0.15, -0.1) is 11.3 Å². The van der Waals surface area contributed by atoms with Crippen LogP contribution in [0.4, 0.5) is 0 Å². The van der Waals surface area contributed by atoms with Crippen molar-refractivity contribution >= 4 is 34.6 Å². The van der Waals surface area contributed by atoms with Crippen LogP contribution in [0.5, 0.6) is 5.75 Å². The molecule has 2 aromatic rings. The molecule has 0 bridgehead atoms. The van der Waals surface area contributed by atoms with Gasteiger partial charge in [0, 0.05) is 33.8 Å². The predicted octanol–water partition coefficient (Wildman–Crippen LogP) is 4.29. The fourth-order valence-electron chi connectivity index (χ4n) is 2.35. The van der Waals surface area contributed by atoms with E-state index in [9.17, 15) is 9.59 Å². The molecule has 1 aromatic heterocycles. The van der Waals surface area contributed by atoms with Crippen LogP contribution in [0.25, 0.3) is 0 Å². The standard InChI is InChI=1S/C19H22ClNO3S/c1-19(2,3)21-18(23)17-8-6-15(25-17)11-14(22)10-12-9-13(20)5-7-16(12)24-4/h5-9H,10-11H2,1-4H3,(H,21,23). The Hall–Kier alpha value is -1.85.